The van der Waals surface area contributed by atoms with Gasteiger partial charge in [-0.15, -0.1) is 0 Å². The van der Waals surface area contributed by atoms with Crippen LogP contribution in [0.2, 0.25) is 0 Å². The summed E-state index contributed by atoms with van der Waals surface area (Å²) in [7, 11) is 0. The number of carbonyl (C=O) groups is 8. The van der Waals surface area contributed by atoms with E-state index in [1.54, 1.807) is 20.0 Å². The van der Waals surface area contributed by atoms with Crippen molar-refractivity contribution in [3.63, 3.8) is 0 Å². The van der Waals surface area contributed by atoms with E-state index in [-0.39, 0.29) is 56.9 Å². The van der Waals surface area contributed by atoms with Gasteiger partial charge in [-0.2, -0.15) is 12.6 Å². The lowest BCUT2D eigenvalue weighted by Gasteiger charge is -2.32. The minimum Gasteiger partial charge on any atom is -0.481 e. The fourth-order valence-electron chi connectivity index (χ4n) is 7.58. The number of nitrogens with one attached hydrogen (secondary N) is 5. The Kier molecular flexibility index (Phi) is 17.7. The Bertz CT molecular complexity index is 1870. The van der Waals surface area contributed by atoms with Crippen LogP contribution in [-0.4, -0.2) is 140 Å². The third kappa shape index (κ3) is 12.4. The number of rotatable bonds is 22. The molecule has 2 aromatic rings. The number of likely N-dealkylation sites (tertiary alicyclic amines) is 2. The Balaban J connectivity index is 1.54. The Morgan fingerprint density at radius 1 is 0.800 bits per heavy atom. The number of aliphatic carboxylic acids is 2. The van der Waals surface area contributed by atoms with Gasteiger partial charge in [-0.3, -0.25) is 33.6 Å². The number of thiol groups is 1. The van der Waals surface area contributed by atoms with E-state index in [2.05, 4.69) is 38.9 Å². The first kappa shape index (κ1) is 47.5. The van der Waals surface area contributed by atoms with Gasteiger partial charge in [0.05, 0.1) is 6.04 Å². The molecule has 0 bridgehead atoms. The molecular weight excluding hydrogens is 799 g/mol. The zero-order chi connectivity index (χ0) is 44.1. The molecule has 0 radical (unpaired) electrons. The molecule has 2 saturated heterocycles. The molecule has 2 aliphatic heterocycles. The van der Waals surface area contributed by atoms with Crippen LogP contribution in [-0.2, 0) is 44.8 Å². The highest BCUT2D eigenvalue weighted by atomic mass is 32.1. The summed E-state index contributed by atoms with van der Waals surface area (Å²) in [4.78, 5) is 112. The summed E-state index contributed by atoms with van der Waals surface area (Å²) in [6.07, 6.45) is 3.42. The second-order valence-electron chi connectivity index (χ2n) is 15.7. The normalized spacial score (nSPS) is 19.0. The number of carboxylic acids is 2. The van der Waals surface area contributed by atoms with Crippen molar-refractivity contribution in [1.82, 2.24) is 36.1 Å². The molecular formula is C40H59N9O10S. The summed E-state index contributed by atoms with van der Waals surface area (Å²) < 4.78 is 0. The van der Waals surface area contributed by atoms with E-state index in [4.69, 9.17) is 11.5 Å². The number of amides is 6. The second-order valence-corrected chi connectivity index (χ2v) is 16.1. The number of nitrogens with zero attached hydrogens (tertiary/aromatic N) is 2. The van der Waals surface area contributed by atoms with E-state index < -0.39 is 96.1 Å². The summed E-state index contributed by atoms with van der Waals surface area (Å²) in [6, 6.07) is -0.504. The number of aromatic amines is 1. The SMILES string of the molecule is CC(C)C(N)C(=O)NC(Cc1c[nH]c2ccccc12)C(=O)NC(CCCCN)C(=O)N1CCCC1C(=O)NC(CCC(=O)O)C(=O)N1CCCC1C(=O)NC(CS)C(=O)O. The largest absolute Gasteiger partial charge is 0.481 e. The lowest BCUT2D eigenvalue weighted by molar-refractivity contribution is -0.146. The second kappa shape index (κ2) is 22.4. The number of hydrogen-bond donors (Lipinski definition) is 10. The van der Waals surface area contributed by atoms with Crippen LogP contribution < -0.4 is 32.7 Å². The number of carbonyl (C=O) groups excluding carboxylic acids is 6. The van der Waals surface area contributed by atoms with Crippen LogP contribution in [0.4, 0.5) is 0 Å². The molecule has 2 aliphatic rings. The van der Waals surface area contributed by atoms with Crippen molar-refractivity contribution in [3.8, 4) is 0 Å². The quantitative estimate of drug-likeness (QED) is 0.0536. The van der Waals surface area contributed by atoms with Gasteiger partial charge in [0.2, 0.25) is 35.4 Å². The van der Waals surface area contributed by atoms with E-state index in [0.29, 0.717) is 32.2 Å². The van der Waals surface area contributed by atoms with Crippen LogP contribution in [0, 0.1) is 5.92 Å². The van der Waals surface area contributed by atoms with Crippen molar-refractivity contribution in [2.24, 2.45) is 17.4 Å². The highest BCUT2D eigenvalue weighted by molar-refractivity contribution is 7.80. The number of aromatic nitrogens is 1. The maximum Gasteiger partial charge on any atom is 0.327 e. The average Bonchev–Trinajstić information content (AvgIpc) is 4.00. The number of H-pyrrole nitrogens is 1. The number of para-hydroxylation sites is 1. The fourth-order valence-corrected chi connectivity index (χ4v) is 7.82. The first-order valence-electron chi connectivity index (χ1n) is 20.5. The van der Waals surface area contributed by atoms with Gasteiger partial charge < -0.3 is 57.7 Å². The molecule has 20 heteroatoms. The van der Waals surface area contributed by atoms with Crippen LogP contribution in [0.25, 0.3) is 10.9 Å². The van der Waals surface area contributed by atoms with E-state index >= 15 is 0 Å². The molecule has 1 aromatic heterocycles. The molecule has 4 rings (SSSR count). The monoisotopic (exact) mass is 857 g/mol. The summed E-state index contributed by atoms with van der Waals surface area (Å²) in [5, 5.41) is 30.4. The molecule has 3 heterocycles. The van der Waals surface area contributed by atoms with Crippen molar-refractivity contribution >= 4 is 70.9 Å². The minimum atomic E-state index is -1.38. The van der Waals surface area contributed by atoms with Gasteiger partial charge in [0.15, 0.2) is 0 Å². The van der Waals surface area contributed by atoms with Gasteiger partial charge in [0.1, 0.15) is 36.3 Å². The third-order valence-corrected chi connectivity index (χ3v) is 11.4. The van der Waals surface area contributed by atoms with Gasteiger partial charge in [0.25, 0.3) is 0 Å². The van der Waals surface area contributed by atoms with Gasteiger partial charge in [-0.1, -0.05) is 32.0 Å². The Morgan fingerprint density at radius 3 is 1.92 bits per heavy atom. The number of benzene rings is 1. The van der Waals surface area contributed by atoms with Gasteiger partial charge in [-0.25, -0.2) is 4.79 Å². The average molecular weight is 858 g/mol. The van der Waals surface area contributed by atoms with Crippen LogP contribution in [0.3, 0.4) is 0 Å². The van der Waals surface area contributed by atoms with E-state index in [0.717, 1.165) is 16.5 Å². The molecule has 7 atom stereocenters. The molecule has 0 aliphatic carbocycles. The zero-order valence-corrected chi connectivity index (χ0v) is 35.0. The number of nitrogens with two attached hydrogens (primary N) is 2. The smallest absolute Gasteiger partial charge is 0.327 e. The highest BCUT2D eigenvalue weighted by Gasteiger charge is 2.42. The highest BCUT2D eigenvalue weighted by Crippen LogP contribution is 2.24. The third-order valence-electron chi connectivity index (χ3n) is 11.1. The summed E-state index contributed by atoms with van der Waals surface area (Å²) >= 11 is 3.97. The molecule has 11 N–H and O–H groups in total. The summed E-state index contributed by atoms with van der Waals surface area (Å²) in [5.41, 5.74) is 13.5. The van der Waals surface area contributed by atoms with E-state index in [1.165, 1.54) is 9.80 Å². The van der Waals surface area contributed by atoms with Gasteiger partial charge in [0, 0.05) is 48.8 Å². The van der Waals surface area contributed by atoms with Crippen molar-refractivity contribution in [2.75, 3.05) is 25.4 Å². The zero-order valence-electron chi connectivity index (χ0n) is 34.1. The number of unbranched alkanes of at least 4 members (excludes halogenated alkanes) is 1. The van der Waals surface area contributed by atoms with Crippen LogP contribution in [0.15, 0.2) is 30.5 Å². The van der Waals surface area contributed by atoms with E-state index in [9.17, 15) is 48.6 Å². The minimum absolute atomic E-state index is 0.0749. The molecule has 1 aromatic carbocycles. The topological polar surface area (TPSA) is 299 Å². The predicted molar refractivity (Wildman–Crippen MR) is 223 cm³/mol. The number of fused-ring (bicyclic) bond motifs is 1. The predicted octanol–water partition coefficient (Wildman–Crippen LogP) is -0.377. The van der Waals surface area contributed by atoms with Crippen molar-refractivity contribution < 1.29 is 48.6 Å². The van der Waals surface area contributed by atoms with Crippen molar-refractivity contribution in [1.29, 1.82) is 0 Å². The lowest BCUT2D eigenvalue weighted by Crippen LogP contribution is -2.59. The van der Waals surface area contributed by atoms with Gasteiger partial charge in [-0.05, 0) is 75.5 Å². The maximum absolute atomic E-state index is 14.4. The van der Waals surface area contributed by atoms with Crippen molar-refractivity contribution in [2.45, 2.75) is 120 Å². The molecule has 60 heavy (non-hydrogen) atoms. The molecule has 6 amide bonds. The summed E-state index contributed by atoms with van der Waals surface area (Å²) in [6.45, 7) is 4.15. The molecule has 7 unspecified atom stereocenters. The molecule has 330 valence electrons. The number of hydrogen-bond acceptors (Lipinski definition) is 11. The lowest BCUT2D eigenvalue weighted by atomic mass is 10.0. The Labute approximate surface area is 353 Å². The molecule has 0 spiro atoms. The Hall–Kier alpha value is -5.21. The molecule has 19 nitrogen and oxygen atoms in total. The maximum atomic E-state index is 14.4. The Morgan fingerprint density at radius 2 is 1.37 bits per heavy atom. The first-order valence-corrected chi connectivity index (χ1v) is 21.1. The van der Waals surface area contributed by atoms with Crippen LogP contribution in [0.5, 0.6) is 0 Å². The number of carboxylic acid groups (broad SMARTS) is 2. The standard InChI is InChI=1S/C40H59N9O10S/c1-22(2)33(42)37(55)46-28(19-23-20-43-25-10-4-3-9-24(23)25)34(52)44-26(11-5-6-16-41)38(56)48-17-7-12-30(48)35(53)45-27(14-15-32(50)51)39(57)49-18-8-13-31(49)36(54)47-29(21-60)40(58)59/h3-4,9-10,20,22,26-31,33,43,60H,5-8,11-19,21,41-42H2,1-2H3,(H,44,52)(H,45,53)(H,46,55)(H,47,54)(H,50,51)(H,58,59). The fraction of sp³-hybridized carbons (Fsp3) is 0.600. The van der Waals surface area contributed by atoms with Gasteiger partial charge >= 0.3 is 11.9 Å². The van der Waals surface area contributed by atoms with E-state index in [1.807, 2.05) is 24.3 Å². The molecule has 0 saturated carbocycles. The first-order chi connectivity index (χ1) is 28.6. The summed E-state index contributed by atoms with van der Waals surface area (Å²) in [5.74, 6) is -6.84. The van der Waals surface area contributed by atoms with Crippen LogP contribution >= 0.6 is 12.6 Å². The van der Waals surface area contributed by atoms with Crippen LogP contribution in [0.1, 0.15) is 77.2 Å². The van der Waals surface area contributed by atoms with Crippen molar-refractivity contribution in [3.05, 3.63) is 36.0 Å². The molecule has 2 fully saturated rings.